The monoisotopic (exact) mass is 246 g/mol. The fourth-order valence-corrected chi connectivity index (χ4v) is 0.856. The Kier molecular flexibility index (Phi) is 4.89. The van der Waals surface area contributed by atoms with E-state index in [0.29, 0.717) is 0 Å². The Balaban J connectivity index is 4.21. The first-order valence-corrected chi connectivity index (χ1v) is 4.36. The second-order valence-electron chi connectivity index (χ2n) is 3.18. The van der Waals surface area contributed by atoms with Gasteiger partial charge in [0, 0.05) is 12.0 Å². The van der Waals surface area contributed by atoms with Crippen LogP contribution in [0, 0.1) is 5.92 Å². The quantitative estimate of drug-likeness (QED) is 0.423. The van der Waals surface area contributed by atoms with E-state index in [-0.39, 0.29) is 0 Å². The van der Waals surface area contributed by atoms with Crippen LogP contribution in [0.25, 0.3) is 0 Å². The highest BCUT2D eigenvalue weighted by Gasteiger charge is 2.60. The van der Waals surface area contributed by atoms with Gasteiger partial charge in [-0.05, 0) is 6.42 Å². The number of hydrogen-bond acceptors (Lipinski definition) is 2. The lowest BCUT2D eigenvalue weighted by Crippen LogP contribution is -2.42. The molecule has 0 radical (unpaired) electrons. The molecule has 0 heterocycles. The van der Waals surface area contributed by atoms with Gasteiger partial charge in [-0.1, -0.05) is 13.5 Å². The maximum Gasteiger partial charge on any atom is 0.453 e. The van der Waals surface area contributed by atoms with Crippen LogP contribution in [0.5, 0.6) is 0 Å². The summed E-state index contributed by atoms with van der Waals surface area (Å²) in [6.07, 6.45) is -5.37. The molecule has 0 aromatic heterocycles. The highest BCUT2D eigenvalue weighted by molar-refractivity contribution is 5.81. The summed E-state index contributed by atoms with van der Waals surface area (Å²) in [4.78, 5) is 10.5. The molecular weight excluding hydrogens is 235 g/mol. The zero-order valence-electron chi connectivity index (χ0n) is 8.48. The average Bonchev–Trinajstić information content (AvgIpc) is 2.15. The van der Waals surface area contributed by atoms with Crippen LogP contribution in [0.15, 0.2) is 12.7 Å². The van der Waals surface area contributed by atoms with Gasteiger partial charge in [0.1, 0.15) is 0 Å². The van der Waals surface area contributed by atoms with Gasteiger partial charge in [0.05, 0.1) is 6.61 Å². The van der Waals surface area contributed by atoms with E-state index in [9.17, 15) is 26.7 Å². The van der Waals surface area contributed by atoms with Crippen molar-refractivity contribution in [2.24, 2.45) is 5.92 Å². The molecule has 2 nitrogen and oxygen atoms in total. The lowest BCUT2D eigenvalue weighted by atomic mass is 10.00. The van der Waals surface area contributed by atoms with Gasteiger partial charge in [-0.25, -0.2) is 4.79 Å². The van der Waals surface area contributed by atoms with E-state index in [1.54, 1.807) is 0 Å². The van der Waals surface area contributed by atoms with Gasteiger partial charge in [-0.15, -0.1) is 0 Å². The number of esters is 1. The average molecular weight is 246 g/mol. The molecule has 0 rings (SSSR count). The second-order valence-corrected chi connectivity index (χ2v) is 3.18. The molecule has 0 aliphatic carbocycles. The van der Waals surface area contributed by atoms with Crippen LogP contribution in [0.1, 0.15) is 13.3 Å². The van der Waals surface area contributed by atoms with E-state index in [1.165, 1.54) is 0 Å². The topological polar surface area (TPSA) is 26.3 Å². The zero-order valence-corrected chi connectivity index (χ0v) is 8.48. The van der Waals surface area contributed by atoms with Crippen LogP contribution in [0.2, 0.25) is 0 Å². The molecule has 0 bridgehead atoms. The van der Waals surface area contributed by atoms with Gasteiger partial charge in [-0.3, -0.25) is 0 Å². The first-order valence-electron chi connectivity index (χ1n) is 4.36. The lowest BCUT2D eigenvalue weighted by molar-refractivity contribution is -0.301. The van der Waals surface area contributed by atoms with Crippen molar-refractivity contribution in [2.45, 2.75) is 25.4 Å². The fourth-order valence-electron chi connectivity index (χ4n) is 0.856. The van der Waals surface area contributed by atoms with Gasteiger partial charge in [0.2, 0.25) is 0 Å². The van der Waals surface area contributed by atoms with Crippen LogP contribution < -0.4 is 0 Å². The number of halogens is 5. The van der Waals surface area contributed by atoms with E-state index in [0.717, 1.165) is 13.0 Å². The van der Waals surface area contributed by atoms with Crippen molar-refractivity contribution in [1.29, 1.82) is 0 Å². The maximum absolute atomic E-state index is 12.6. The molecular formula is C9H11F5O2. The number of rotatable bonds is 5. The molecule has 16 heavy (non-hydrogen) atoms. The van der Waals surface area contributed by atoms with Gasteiger partial charge in [0.25, 0.3) is 0 Å². The van der Waals surface area contributed by atoms with Crippen molar-refractivity contribution in [2.75, 3.05) is 6.61 Å². The number of hydrogen-bond donors (Lipinski definition) is 0. The van der Waals surface area contributed by atoms with Crippen molar-refractivity contribution in [3.05, 3.63) is 12.7 Å². The van der Waals surface area contributed by atoms with E-state index in [2.05, 4.69) is 11.3 Å². The zero-order chi connectivity index (χ0) is 13.0. The Bertz CT molecular complexity index is 259. The van der Waals surface area contributed by atoms with Crippen LogP contribution in [-0.2, 0) is 9.53 Å². The highest BCUT2D eigenvalue weighted by Crippen LogP contribution is 2.42. The first kappa shape index (κ1) is 14.9. The molecule has 0 aliphatic heterocycles. The Hall–Kier alpha value is -1.14. The Morgan fingerprint density at radius 3 is 2.25 bits per heavy atom. The molecule has 0 saturated carbocycles. The van der Waals surface area contributed by atoms with Crippen LogP contribution in [-0.4, -0.2) is 24.7 Å². The minimum Gasteiger partial charge on any atom is -0.463 e. The van der Waals surface area contributed by atoms with E-state index >= 15 is 0 Å². The van der Waals surface area contributed by atoms with Gasteiger partial charge < -0.3 is 4.74 Å². The summed E-state index contributed by atoms with van der Waals surface area (Å²) in [6, 6.07) is 0. The molecule has 94 valence electrons. The molecule has 1 atom stereocenters. The summed E-state index contributed by atoms with van der Waals surface area (Å²) in [6.45, 7) is 3.29. The summed E-state index contributed by atoms with van der Waals surface area (Å²) in [5.41, 5.74) is 0. The molecule has 0 aliphatic rings. The molecule has 0 amide bonds. The fraction of sp³-hybridized carbons (Fsp3) is 0.667. The van der Waals surface area contributed by atoms with E-state index in [4.69, 9.17) is 0 Å². The number of alkyl halides is 5. The number of ether oxygens (including phenoxy) is 1. The molecule has 1 unspecified atom stereocenters. The minimum absolute atomic E-state index is 0.502. The van der Waals surface area contributed by atoms with Crippen molar-refractivity contribution in [3.8, 4) is 0 Å². The van der Waals surface area contributed by atoms with E-state index < -0.39 is 37.0 Å². The van der Waals surface area contributed by atoms with Crippen molar-refractivity contribution in [1.82, 2.24) is 0 Å². The minimum atomic E-state index is -5.59. The SMILES string of the molecule is C=CC(=O)OCCC(C)C(F)(F)C(F)(F)F. The molecule has 0 aromatic rings. The summed E-state index contributed by atoms with van der Waals surface area (Å²) in [5.74, 6) is -7.60. The third-order valence-corrected chi connectivity index (χ3v) is 1.96. The number of carbonyl (C=O) groups excluding carboxylic acids is 1. The highest BCUT2D eigenvalue weighted by atomic mass is 19.4. The smallest absolute Gasteiger partial charge is 0.453 e. The van der Waals surface area contributed by atoms with E-state index in [1.807, 2.05) is 0 Å². The Labute approximate surface area is 89.1 Å². The van der Waals surface area contributed by atoms with Crippen molar-refractivity contribution in [3.63, 3.8) is 0 Å². The van der Waals surface area contributed by atoms with Crippen molar-refractivity contribution >= 4 is 5.97 Å². The molecule has 0 aromatic carbocycles. The predicted octanol–water partition coefficient (Wildman–Crippen LogP) is 2.94. The maximum atomic E-state index is 12.6. The van der Waals surface area contributed by atoms with Crippen LogP contribution in [0.4, 0.5) is 22.0 Å². The molecule has 7 heteroatoms. The normalized spacial score (nSPS) is 14.4. The molecule has 0 fully saturated rings. The Morgan fingerprint density at radius 2 is 1.88 bits per heavy atom. The molecule has 0 spiro atoms. The number of carbonyl (C=O) groups is 1. The third kappa shape index (κ3) is 3.79. The summed E-state index contributed by atoms with van der Waals surface area (Å²) >= 11 is 0. The third-order valence-electron chi connectivity index (χ3n) is 1.96. The lowest BCUT2D eigenvalue weighted by Gasteiger charge is -2.25. The summed E-state index contributed by atoms with van der Waals surface area (Å²) in [5, 5.41) is 0. The predicted molar refractivity (Wildman–Crippen MR) is 45.9 cm³/mol. The summed E-state index contributed by atoms with van der Waals surface area (Å²) in [7, 11) is 0. The van der Waals surface area contributed by atoms with Gasteiger partial charge in [-0.2, -0.15) is 22.0 Å². The Morgan fingerprint density at radius 1 is 1.38 bits per heavy atom. The molecule has 0 saturated heterocycles. The van der Waals surface area contributed by atoms with Crippen molar-refractivity contribution < 1.29 is 31.5 Å². The second kappa shape index (κ2) is 5.27. The summed E-state index contributed by atoms with van der Waals surface area (Å²) < 4.78 is 65.2. The van der Waals surface area contributed by atoms with Crippen LogP contribution >= 0.6 is 0 Å². The van der Waals surface area contributed by atoms with Crippen LogP contribution in [0.3, 0.4) is 0 Å². The van der Waals surface area contributed by atoms with Gasteiger partial charge >= 0.3 is 18.1 Å². The largest absolute Gasteiger partial charge is 0.463 e. The molecule has 0 N–H and O–H groups in total. The first-order chi connectivity index (χ1) is 7.13. The standard InChI is InChI=1S/C9H11F5O2/c1-3-7(15)16-5-4-6(2)8(10,11)9(12,13)14/h3,6H,1,4-5H2,2H3. The van der Waals surface area contributed by atoms with Gasteiger partial charge in [0.15, 0.2) is 0 Å².